The van der Waals surface area contributed by atoms with Gasteiger partial charge >= 0.3 is 0 Å². The molecule has 0 spiro atoms. The number of amidine groups is 1. The smallest absolute Gasteiger partial charge is 0.264 e. The number of thiophene rings is 1. The average molecular weight is 253 g/mol. The van der Waals surface area contributed by atoms with E-state index in [2.05, 4.69) is 5.16 Å². The zero-order valence-electron chi connectivity index (χ0n) is 9.64. The molecule has 1 heterocycles. The topological polar surface area (TPSA) is 78.9 Å². The Kier molecular flexibility index (Phi) is 3.33. The van der Waals surface area contributed by atoms with Crippen molar-refractivity contribution in [2.75, 3.05) is 13.6 Å². The maximum absolute atomic E-state index is 12.0. The van der Waals surface area contributed by atoms with E-state index in [1.807, 2.05) is 6.07 Å². The lowest BCUT2D eigenvalue weighted by atomic mass is 10.2. The molecule has 3 N–H and O–H groups in total. The Bertz CT molecular complexity index is 446. The number of oxime groups is 1. The molecule has 5 nitrogen and oxygen atoms in total. The van der Waals surface area contributed by atoms with Crippen molar-refractivity contribution in [1.29, 1.82) is 0 Å². The standard InChI is InChI=1S/C11H15N3O2S/c1-14(6-10(12)13-16)11(15)9-5-7-3-2-4-8(7)17-9/h5,16H,2-4,6H2,1H3,(H2,12,13). The molecule has 1 aliphatic carbocycles. The number of likely N-dealkylation sites (N-methyl/N-ethyl adjacent to an activating group) is 1. The Labute approximate surface area is 104 Å². The molecule has 0 unspecified atom stereocenters. The van der Waals surface area contributed by atoms with Gasteiger partial charge in [0.05, 0.1) is 11.4 Å². The second-order valence-corrected chi connectivity index (χ2v) is 5.30. The van der Waals surface area contributed by atoms with Crippen LogP contribution in [0.2, 0.25) is 0 Å². The lowest BCUT2D eigenvalue weighted by Crippen LogP contribution is -2.35. The second kappa shape index (κ2) is 4.75. The first-order valence-corrected chi connectivity index (χ1v) is 6.27. The van der Waals surface area contributed by atoms with Crippen LogP contribution in [0.3, 0.4) is 0 Å². The van der Waals surface area contributed by atoms with Crippen molar-refractivity contribution < 1.29 is 10.0 Å². The molecular formula is C11H15N3O2S. The van der Waals surface area contributed by atoms with E-state index in [0.717, 1.165) is 17.7 Å². The first-order chi connectivity index (χ1) is 8.11. The van der Waals surface area contributed by atoms with Crippen molar-refractivity contribution in [1.82, 2.24) is 4.90 Å². The Morgan fingerprint density at radius 2 is 2.41 bits per heavy atom. The second-order valence-electron chi connectivity index (χ2n) is 4.17. The van der Waals surface area contributed by atoms with Crippen molar-refractivity contribution in [3.63, 3.8) is 0 Å². The Hall–Kier alpha value is -1.56. The monoisotopic (exact) mass is 253 g/mol. The van der Waals surface area contributed by atoms with E-state index in [4.69, 9.17) is 10.9 Å². The first kappa shape index (κ1) is 11.9. The molecule has 1 aromatic rings. The summed E-state index contributed by atoms with van der Waals surface area (Å²) in [5.74, 6) is -0.0408. The predicted octanol–water partition coefficient (Wildman–Crippen LogP) is 1.06. The fourth-order valence-corrected chi connectivity index (χ4v) is 3.22. The van der Waals surface area contributed by atoms with Gasteiger partial charge in [0.2, 0.25) is 0 Å². The van der Waals surface area contributed by atoms with Gasteiger partial charge in [-0.25, -0.2) is 0 Å². The van der Waals surface area contributed by atoms with Crippen molar-refractivity contribution >= 4 is 23.1 Å². The SMILES string of the molecule is CN(CC(N)=NO)C(=O)c1cc2c(s1)CCC2. The van der Waals surface area contributed by atoms with Gasteiger partial charge in [0.25, 0.3) is 5.91 Å². The van der Waals surface area contributed by atoms with Crippen LogP contribution in [0.15, 0.2) is 11.2 Å². The summed E-state index contributed by atoms with van der Waals surface area (Å²) < 4.78 is 0. The lowest BCUT2D eigenvalue weighted by Gasteiger charge is -2.14. The predicted molar refractivity (Wildman–Crippen MR) is 66.7 cm³/mol. The number of carbonyl (C=O) groups is 1. The minimum absolute atomic E-state index is 0.0324. The molecule has 1 aliphatic rings. The van der Waals surface area contributed by atoms with Crippen LogP contribution in [0.4, 0.5) is 0 Å². The summed E-state index contributed by atoms with van der Waals surface area (Å²) >= 11 is 1.56. The molecule has 0 atom stereocenters. The summed E-state index contributed by atoms with van der Waals surface area (Å²) in [4.78, 5) is 15.6. The molecule has 0 bridgehead atoms. The Morgan fingerprint density at radius 3 is 3.06 bits per heavy atom. The minimum atomic E-state index is -0.0731. The van der Waals surface area contributed by atoms with E-state index in [1.165, 1.54) is 21.8 Å². The van der Waals surface area contributed by atoms with Crippen molar-refractivity contribution in [3.05, 3.63) is 21.4 Å². The highest BCUT2D eigenvalue weighted by Crippen LogP contribution is 2.31. The van der Waals surface area contributed by atoms with E-state index >= 15 is 0 Å². The van der Waals surface area contributed by atoms with Crippen LogP contribution in [-0.2, 0) is 12.8 Å². The number of aryl methyl sites for hydroxylation is 2. The van der Waals surface area contributed by atoms with Crippen molar-refractivity contribution in [2.45, 2.75) is 19.3 Å². The summed E-state index contributed by atoms with van der Waals surface area (Å²) in [7, 11) is 1.64. The molecule has 0 radical (unpaired) electrons. The third-order valence-electron chi connectivity index (χ3n) is 2.83. The van der Waals surface area contributed by atoms with Crippen LogP contribution in [0.25, 0.3) is 0 Å². The summed E-state index contributed by atoms with van der Waals surface area (Å²) in [6, 6.07) is 1.97. The number of nitrogens with zero attached hydrogens (tertiary/aromatic N) is 2. The zero-order valence-corrected chi connectivity index (χ0v) is 10.5. The van der Waals surface area contributed by atoms with Crippen molar-refractivity contribution in [3.8, 4) is 0 Å². The number of fused-ring (bicyclic) bond motifs is 1. The molecule has 1 aromatic heterocycles. The minimum Gasteiger partial charge on any atom is -0.409 e. The van der Waals surface area contributed by atoms with Gasteiger partial charge in [0, 0.05) is 11.9 Å². The normalized spacial score (nSPS) is 14.8. The summed E-state index contributed by atoms with van der Waals surface area (Å²) in [5.41, 5.74) is 6.67. The van der Waals surface area contributed by atoms with Gasteiger partial charge in [-0.1, -0.05) is 5.16 Å². The van der Waals surface area contributed by atoms with Crippen LogP contribution in [0.5, 0.6) is 0 Å². The lowest BCUT2D eigenvalue weighted by molar-refractivity contribution is 0.0818. The summed E-state index contributed by atoms with van der Waals surface area (Å²) in [6.07, 6.45) is 3.34. The van der Waals surface area contributed by atoms with Gasteiger partial charge in [-0.15, -0.1) is 11.3 Å². The number of nitrogens with two attached hydrogens (primary N) is 1. The van der Waals surface area contributed by atoms with Gasteiger partial charge in [-0.05, 0) is 30.9 Å². The highest BCUT2D eigenvalue weighted by molar-refractivity contribution is 7.14. The van der Waals surface area contributed by atoms with Crippen LogP contribution in [0.1, 0.15) is 26.5 Å². The molecular weight excluding hydrogens is 238 g/mol. The van der Waals surface area contributed by atoms with Crippen LogP contribution in [-0.4, -0.2) is 35.4 Å². The number of carbonyl (C=O) groups excluding carboxylic acids is 1. The fourth-order valence-electron chi connectivity index (χ4n) is 1.97. The Morgan fingerprint density at radius 1 is 1.65 bits per heavy atom. The molecule has 0 saturated carbocycles. The van der Waals surface area contributed by atoms with Crippen LogP contribution >= 0.6 is 11.3 Å². The quantitative estimate of drug-likeness (QED) is 0.366. The first-order valence-electron chi connectivity index (χ1n) is 5.45. The van der Waals surface area contributed by atoms with Gasteiger partial charge in [0.1, 0.15) is 0 Å². The number of amides is 1. The number of hydrogen-bond acceptors (Lipinski definition) is 4. The maximum Gasteiger partial charge on any atom is 0.264 e. The summed E-state index contributed by atoms with van der Waals surface area (Å²) in [5, 5.41) is 11.3. The third kappa shape index (κ3) is 2.41. The molecule has 0 aromatic carbocycles. The largest absolute Gasteiger partial charge is 0.409 e. The highest BCUT2D eigenvalue weighted by Gasteiger charge is 2.20. The average Bonchev–Trinajstić information content (AvgIpc) is 2.87. The molecule has 0 fully saturated rings. The fraction of sp³-hybridized carbons (Fsp3) is 0.455. The van der Waals surface area contributed by atoms with Gasteiger partial charge in [0.15, 0.2) is 5.84 Å². The third-order valence-corrected chi connectivity index (χ3v) is 4.06. The molecule has 0 aliphatic heterocycles. The molecule has 2 rings (SSSR count). The zero-order chi connectivity index (χ0) is 12.4. The van der Waals surface area contributed by atoms with E-state index in [0.29, 0.717) is 0 Å². The van der Waals surface area contributed by atoms with E-state index < -0.39 is 0 Å². The molecule has 1 amide bonds. The highest BCUT2D eigenvalue weighted by atomic mass is 32.1. The molecule has 0 saturated heterocycles. The van der Waals surface area contributed by atoms with Crippen molar-refractivity contribution in [2.24, 2.45) is 10.9 Å². The van der Waals surface area contributed by atoms with E-state index in [1.54, 1.807) is 18.4 Å². The Balaban J connectivity index is 2.08. The molecule has 92 valence electrons. The van der Waals surface area contributed by atoms with Gasteiger partial charge in [-0.2, -0.15) is 0 Å². The van der Waals surface area contributed by atoms with E-state index in [9.17, 15) is 4.79 Å². The van der Waals surface area contributed by atoms with Crippen LogP contribution < -0.4 is 5.73 Å². The molecule has 6 heteroatoms. The summed E-state index contributed by atoms with van der Waals surface area (Å²) in [6.45, 7) is 0.137. The maximum atomic E-state index is 12.0. The molecule has 17 heavy (non-hydrogen) atoms. The number of rotatable bonds is 3. The van der Waals surface area contributed by atoms with Crippen LogP contribution in [0, 0.1) is 0 Å². The van der Waals surface area contributed by atoms with Gasteiger partial charge < -0.3 is 15.8 Å². The van der Waals surface area contributed by atoms with E-state index in [-0.39, 0.29) is 18.3 Å². The van der Waals surface area contributed by atoms with Gasteiger partial charge in [-0.3, -0.25) is 4.79 Å². The number of hydrogen-bond donors (Lipinski definition) is 2.